The molecule has 0 aromatic carbocycles. The van der Waals surface area contributed by atoms with Gasteiger partial charge in [-0.05, 0) is 13.0 Å². The van der Waals surface area contributed by atoms with Crippen molar-refractivity contribution in [3.05, 3.63) is 0 Å². The van der Waals surface area contributed by atoms with Gasteiger partial charge in [-0.15, -0.1) is 0 Å². The third kappa shape index (κ3) is 0.453. The summed E-state index contributed by atoms with van der Waals surface area (Å²) in [6.07, 6.45) is 0. The Hall–Kier alpha value is -0.0800. The molecule has 0 bridgehead atoms. The van der Waals surface area contributed by atoms with Crippen LogP contribution in [0.5, 0.6) is 0 Å². The van der Waals surface area contributed by atoms with Crippen molar-refractivity contribution in [1.29, 1.82) is 0 Å². The molecule has 0 aromatic rings. The summed E-state index contributed by atoms with van der Waals surface area (Å²) < 4.78 is 0. The Morgan fingerprint density at radius 1 is 1.50 bits per heavy atom. The summed E-state index contributed by atoms with van der Waals surface area (Å²) in [6, 6.07) is 0. The highest BCUT2D eigenvalue weighted by Gasteiger charge is 2.72. The Labute approximate surface area is 62.4 Å². The number of fused-ring (bicyclic) bond motifs is 1. The van der Waals surface area contributed by atoms with Gasteiger partial charge in [0.25, 0.3) is 0 Å². The first-order valence-electron chi connectivity index (χ1n) is 3.98. The quantitative estimate of drug-likeness (QED) is 0.524. The summed E-state index contributed by atoms with van der Waals surface area (Å²) in [7, 11) is 2.15. The number of likely N-dealkylation sites (N-methyl/N-ethyl adjacent to an activating group) is 1. The van der Waals surface area contributed by atoms with Gasteiger partial charge in [-0.25, -0.2) is 0 Å². The SMILES string of the molecule is CC1C2(C)CN(C)CC12N. The lowest BCUT2D eigenvalue weighted by molar-refractivity contribution is 0.314. The maximum Gasteiger partial charge on any atom is 0.0385 e. The van der Waals surface area contributed by atoms with Crippen LogP contribution in [-0.4, -0.2) is 30.6 Å². The lowest BCUT2D eigenvalue weighted by Crippen LogP contribution is -2.33. The molecule has 58 valence electrons. The predicted octanol–water partition coefficient (Wildman–Crippen LogP) is 0.285. The first-order valence-corrected chi connectivity index (χ1v) is 3.98. The minimum absolute atomic E-state index is 0.155. The zero-order valence-corrected chi connectivity index (χ0v) is 7.02. The third-order valence-electron chi connectivity index (χ3n) is 3.84. The maximum absolute atomic E-state index is 6.18. The maximum atomic E-state index is 6.18. The molecule has 2 rings (SSSR count). The summed E-state index contributed by atoms with van der Waals surface area (Å²) >= 11 is 0. The topological polar surface area (TPSA) is 29.3 Å². The fourth-order valence-electron chi connectivity index (χ4n) is 2.71. The van der Waals surface area contributed by atoms with Gasteiger partial charge in [0, 0.05) is 24.0 Å². The first kappa shape index (κ1) is 6.62. The van der Waals surface area contributed by atoms with Crippen molar-refractivity contribution in [2.45, 2.75) is 19.4 Å². The van der Waals surface area contributed by atoms with Gasteiger partial charge < -0.3 is 10.6 Å². The second-order valence-corrected chi connectivity index (χ2v) is 4.35. The van der Waals surface area contributed by atoms with Gasteiger partial charge in [0.2, 0.25) is 0 Å². The van der Waals surface area contributed by atoms with Crippen LogP contribution in [-0.2, 0) is 0 Å². The van der Waals surface area contributed by atoms with Crippen molar-refractivity contribution >= 4 is 0 Å². The fourth-order valence-corrected chi connectivity index (χ4v) is 2.71. The second kappa shape index (κ2) is 1.41. The van der Waals surface area contributed by atoms with E-state index in [1.807, 2.05) is 0 Å². The van der Waals surface area contributed by atoms with Crippen molar-refractivity contribution in [3.63, 3.8) is 0 Å². The van der Waals surface area contributed by atoms with E-state index >= 15 is 0 Å². The molecule has 2 nitrogen and oxygen atoms in total. The zero-order valence-electron chi connectivity index (χ0n) is 7.02. The molecule has 2 N–H and O–H groups in total. The molecule has 1 aliphatic carbocycles. The van der Waals surface area contributed by atoms with Crippen LogP contribution >= 0.6 is 0 Å². The summed E-state index contributed by atoms with van der Waals surface area (Å²) in [6.45, 7) is 6.85. The zero-order chi connectivity index (χ0) is 7.57. The van der Waals surface area contributed by atoms with E-state index in [1.165, 1.54) is 6.54 Å². The van der Waals surface area contributed by atoms with E-state index in [1.54, 1.807) is 0 Å². The number of nitrogens with zero attached hydrogens (tertiary/aromatic N) is 1. The van der Waals surface area contributed by atoms with Crippen LogP contribution in [0.1, 0.15) is 13.8 Å². The number of nitrogens with two attached hydrogens (primary N) is 1. The second-order valence-electron chi connectivity index (χ2n) is 4.35. The van der Waals surface area contributed by atoms with Crippen molar-refractivity contribution in [2.75, 3.05) is 20.1 Å². The highest BCUT2D eigenvalue weighted by molar-refractivity contribution is 5.28. The van der Waals surface area contributed by atoms with Crippen molar-refractivity contribution in [3.8, 4) is 0 Å². The van der Waals surface area contributed by atoms with Crippen LogP contribution in [0.25, 0.3) is 0 Å². The predicted molar refractivity (Wildman–Crippen MR) is 41.7 cm³/mol. The summed E-state index contributed by atoms with van der Waals surface area (Å²) in [4.78, 5) is 2.33. The largest absolute Gasteiger partial charge is 0.323 e. The molecule has 0 aromatic heterocycles. The van der Waals surface area contributed by atoms with Gasteiger partial charge in [0.15, 0.2) is 0 Å². The van der Waals surface area contributed by atoms with Crippen molar-refractivity contribution in [1.82, 2.24) is 4.90 Å². The van der Waals surface area contributed by atoms with Crippen LogP contribution in [0.3, 0.4) is 0 Å². The Kier molecular flexibility index (Phi) is 0.933. The van der Waals surface area contributed by atoms with Crippen LogP contribution < -0.4 is 5.73 Å². The number of piperidine rings is 1. The standard InChI is InChI=1S/C8H16N2/c1-6-7(2)4-10(3)5-8(6,7)9/h6H,4-5,9H2,1-3H3. The van der Waals surface area contributed by atoms with Crippen LogP contribution in [0.2, 0.25) is 0 Å². The van der Waals surface area contributed by atoms with E-state index in [-0.39, 0.29) is 5.54 Å². The van der Waals surface area contributed by atoms with E-state index in [0.717, 1.165) is 12.5 Å². The number of hydrogen-bond donors (Lipinski definition) is 1. The average molecular weight is 140 g/mol. The smallest absolute Gasteiger partial charge is 0.0385 e. The molecule has 1 saturated carbocycles. The van der Waals surface area contributed by atoms with E-state index in [4.69, 9.17) is 5.73 Å². The Morgan fingerprint density at radius 3 is 2.40 bits per heavy atom. The van der Waals surface area contributed by atoms with E-state index < -0.39 is 0 Å². The van der Waals surface area contributed by atoms with Gasteiger partial charge in [-0.2, -0.15) is 0 Å². The molecule has 2 fully saturated rings. The molecular weight excluding hydrogens is 124 g/mol. The van der Waals surface area contributed by atoms with E-state index in [0.29, 0.717) is 5.41 Å². The minimum Gasteiger partial charge on any atom is -0.323 e. The third-order valence-corrected chi connectivity index (χ3v) is 3.84. The van der Waals surface area contributed by atoms with Crippen molar-refractivity contribution < 1.29 is 0 Å². The molecule has 3 atom stereocenters. The molecule has 0 radical (unpaired) electrons. The van der Waals surface area contributed by atoms with Gasteiger partial charge in [-0.1, -0.05) is 13.8 Å². The Morgan fingerprint density at radius 2 is 2.10 bits per heavy atom. The minimum atomic E-state index is 0.155. The Balaban J connectivity index is 2.24. The fraction of sp³-hybridized carbons (Fsp3) is 1.00. The molecule has 3 unspecified atom stereocenters. The molecule has 10 heavy (non-hydrogen) atoms. The van der Waals surface area contributed by atoms with E-state index in [2.05, 4.69) is 25.8 Å². The molecule has 1 heterocycles. The summed E-state index contributed by atoms with van der Waals surface area (Å²) in [5.74, 6) is 0.733. The highest BCUT2D eigenvalue weighted by Crippen LogP contribution is 2.63. The lowest BCUT2D eigenvalue weighted by atomic mass is 10.1. The molecule has 1 aliphatic heterocycles. The van der Waals surface area contributed by atoms with E-state index in [9.17, 15) is 0 Å². The van der Waals surface area contributed by atoms with Crippen LogP contribution in [0, 0.1) is 11.3 Å². The number of hydrogen-bond acceptors (Lipinski definition) is 2. The Bertz CT molecular complexity index is 162. The van der Waals surface area contributed by atoms with Gasteiger partial charge in [0.05, 0.1) is 0 Å². The monoisotopic (exact) mass is 140 g/mol. The van der Waals surface area contributed by atoms with Gasteiger partial charge in [-0.3, -0.25) is 0 Å². The number of rotatable bonds is 0. The summed E-state index contributed by atoms with van der Waals surface area (Å²) in [5, 5.41) is 0. The molecule has 2 aliphatic rings. The van der Waals surface area contributed by atoms with Crippen LogP contribution in [0.4, 0.5) is 0 Å². The number of likely N-dealkylation sites (tertiary alicyclic amines) is 1. The lowest BCUT2D eigenvalue weighted by Gasteiger charge is -2.14. The summed E-state index contributed by atoms with van der Waals surface area (Å²) in [5.41, 5.74) is 6.77. The van der Waals surface area contributed by atoms with Gasteiger partial charge >= 0.3 is 0 Å². The molecule has 2 heteroatoms. The van der Waals surface area contributed by atoms with Gasteiger partial charge in [0.1, 0.15) is 0 Å². The first-order chi connectivity index (χ1) is 4.51. The molecule has 0 spiro atoms. The molecule has 0 amide bonds. The highest BCUT2D eigenvalue weighted by atomic mass is 15.2. The molecule has 1 saturated heterocycles. The normalized spacial score (nSPS) is 60.6. The van der Waals surface area contributed by atoms with Crippen LogP contribution in [0.15, 0.2) is 0 Å². The van der Waals surface area contributed by atoms with Crippen molar-refractivity contribution in [2.24, 2.45) is 17.1 Å². The molecular formula is C8H16N2. The average Bonchev–Trinajstić information content (AvgIpc) is 2.18.